The van der Waals surface area contributed by atoms with Crippen LogP contribution in [0.5, 0.6) is 0 Å². The summed E-state index contributed by atoms with van der Waals surface area (Å²) in [5.41, 5.74) is 0.805. The van der Waals surface area contributed by atoms with Crippen LogP contribution in [0.15, 0.2) is 24.3 Å². The minimum atomic E-state index is -0.873. The number of carbonyl (C=O) groups is 2. The van der Waals surface area contributed by atoms with Crippen molar-refractivity contribution in [1.82, 2.24) is 15.5 Å². The molecule has 0 radical (unpaired) electrons. The summed E-state index contributed by atoms with van der Waals surface area (Å²) in [4.78, 5) is 26.1. The van der Waals surface area contributed by atoms with E-state index in [1.165, 1.54) is 12.1 Å². The van der Waals surface area contributed by atoms with Crippen LogP contribution in [0.2, 0.25) is 0 Å². The first-order valence-electron chi connectivity index (χ1n) is 10.6. The lowest BCUT2D eigenvalue weighted by molar-refractivity contribution is -0.124. The van der Waals surface area contributed by atoms with Gasteiger partial charge in [-0.15, -0.1) is 0 Å². The highest BCUT2D eigenvalue weighted by molar-refractivity contribution is 5.76. The van der Waals surface area contributed by atoms with Crippen molar-refractivity contribution in [2.75, 3.05) is 32.8 Å². The van der Waals surface area contributed by atoms with Crippen molar-refractivity contribution in [2.45, 2.75) is 49.9 Å². The zero-order valence-electron chi connectivity index (χ0n) is 17.2. The number of amides is 3. The number of nitrogens with zero attached hydrogens (tertiary/aromatic N) is 1. The quantitative estimate of drug-likeness (QED) is 0.585. The smallest absolute Gasteiger partial charge is 0.317 e. The fraction of sp³-hybridized carbons (Fsp3) is 0.619. The van der Waals surface area contributed by atoms with Gasteiger partial charge in [-0.25, -0.2) is 9.18 Å². The van der Waals surface area contributed by atoms with Crippen LogP contribution in [0.4, 0.5) is 9.18 Å². The number of fused-ring (bicyclic) bond motifs is 1. The Hall–Kier alpha value is -2.27. The molecule has 3 fully saturated rings. The largest absolute Gasteiger partial charge is 0.388 e. The molecule has 0 aromatic heterocycles. The van der Waals surface area contributed by atoms with Crippen molar-refractivity contribution in [1.29, 1.82) is 0 Å². The van der Waals surface area contributed by atoms with Gasteiger partial charge in [0.25, 0.3) is 0 Å². The topological polar surface area (TPSA) is 109 Å². The average molecular weight is 437 g/mol. The van der Waals surface area contributed by atoms with E-state index in [4.69, 9.17) is 14.2 Å². The molecule has 5 atom stereocenters. The molecule has 3 aliphatic rings. The van der Waals surface area contributed by atoms with Gasteiger partial charge in [0.05, 0.1) is 31.8 Å². The number of nitrogens with one attached hydrogen (secondary N) is 2. The van der Waals surface area contributed by atoms with E-state index in [9.17, 15) is 19.1 Å². The van der Waals surface area contributed by atoms with Gasteiger partial charge in [0.1, 0.15) is 24.1 Å². The normalized spacial score (nSPS) is 30.1. The molecule has 0 bridgehead atoms. The van der Waals surface area contributed by atoms with E-state index in [0.717, 1.165) is 5.56 Å². The molecule has 9 nitrogen and oxygen atoms in total. The fourth-order valence-electron chi connectivity index (χ4n) is 4.16. The minimum absolute atomic E-state index is 0.155. The number of ether oxygens (including phenoxy) is 3. The van der Waals surface area contributed by atoms with Crippen molar-refractivity contribution in [2.24, 2.45) is 0 Å². The SMILES string of the molecule is O=C(C[C@@H]1C[C@H]2O[C@H](CNC(=O)N3CCOCC3)[C@@H](O)[C@H]2O1)NCc1ccc(F)cc1. The Morgan fingerprint density at radius 2 is 1.87 bits per heavy atom. The van der Waals surface area contributed by atoms with E-state index >= 15 is 0 Å². The Morgan fingerprint density at radius 3 is 2.58 bits per heavy atom. The van der Waals surface area contributed by atoms with E-state index in [1.54, 1.807) is 17.0 Å². The van der Waals surface area contributed by atoms with Crippen molar-refractivity contribution in [3.8, 4) is 0 Å². The molecule has 3 saturated heterocycles. The maximum absolute atomic E-state index is 12.9. The highest BCUT2D eigenvalue weighted by Gasteiger charge is 2.50. The molecule has 1 aromatic carbocycles. The summed E-state index contributed by atoms with van der Waals surface area (Å²) in [5, 5.41) is 16.1. The third-order valence-electron chi connectivity index (χ3n) is 5.85. The number of hydrogen-bond donors (Lipinski definition) is 3. The number of halogens is 1. The lowest BCUT2D eigenvalue weighted by Gasteiger charge is -2.28. The Labute approximate surface area is 179 Å². The maximum Gasteiger partial charge on any atom is 0.317 e. The zero-order valence-corrected chi connectivity index (χ0v) is 17.2. The monoisotopic (exact) mass is 437 g/mol. The fourth-order valence-corrected chi connectivity index (χ4v) is 4.16. The van der Waals surface area contributed by atoms with E-state index in [-0.39, 0.29) is 42.9 Å². The zero-order chi connectivity index (χ0) is 21.8. The van der Waals surface area contributed by atoms with Gasteiger partial charge in [0.2, 0.25) is 5.91 Å². The van der Waals surface area contributed by atoms with E-state index in [1.807, 2.05) is 0 Å². The average Bonchev–Trinajstić information content (AvgIpc) is 3.30. The maximum atomic E-state index is 12.9. The molecule has 170 valence electrons. The molecular weight excluding hydrogens is 409 g/mol. The first-order valence-corrected chi connectivity index (χ1v) is 10.6. The number of morpholine rings is 1. The Morgan fingerprint density at radius 1 is 1.13 bits per heavy atom. The van der Waals surface area contributed by atoms with Crippen LogP contribution in [0, 0.1) is 5.82 Å². The predicted octanol–water partition coefficient (Wildman–Crippen LogP) is 0.160. The van der Waals surface area contributed by atoms with Crippen LogP contribution in [0.25, 0.3) is 0 Å². The standard InChI is InChI=1S/C21H28FN3O6/c22-14-3-1-13(2-4-14)11-23-18(26)10-15-9-16-20(30-15)19(27)17(31-16)12-24-21(28)25-5-7-29-8-6-25/h1-4,15-17,19-20,27H,5-12H2,(H,23,26)(H,24,28)/t15-,16+,17+,19+,20-/m0/s1. The minimum Gasteiger partial charge on any atom is -0.388 e. The number of hydrogen-bond acceptors (Lipinski definition) is 6. The van der Waals surface area contributed by atoms with E-state index < -0.39 is 18.3 Å². The molecule has 3 heterocycles. The van der Waals surface area contributed by atoms with Crippen LogP contribution in [0.1, 0.15) is 18.4 Å². The second-order valence-corrected chi connectivity index (χ2v) is 8.05. The lowest BCUT2D eigenvalue weighted by atomic mass is 10.1. The molecule has 31 heavy (non-hydrogen) atoms. The molecule has 3 N–H and O–H groups in total. The number of carbonyl (C=O) groups excluding carboxylic acids is 2. The van der Waals surface area contributed by atoms with Gasteiger partial charge in [-0.2, -0.15) is 0 Å². The van der Waals surface area contributed by atoms with Crippen LogP contribution < -0.4 is 10.6 Å². The van der Waals surface area contributed by atoms with Crippen LogP contribution in [-0.2, 0) is 25.5 Å². The van der Waals surface area contributed by atoms with Crippen molar-refractivity contribution < 1.29 is 33.3 Å². The summed E-state index contributed by atoms with van der Waals surface area (Å²) in [7, 11) is 0. The van der Waals surface area contributed by atoms with Gasteiger partial charge in [0.15, 0.2) is 0 Å². The Balaban J connectivity index is 1.17. The summed E-state index contributed by atoms with van der Waals surface area (Å²) in [5.74, 6) is -0.503. The van der Waals surface area contributed by atoms with Gasteiger partial charge >= 0.3 is 6.03 Å². The molecular formula is C21H28FN3O6. The molecule has 4 rings (SSSR count). The van der Waals surface area contributed by atoms with E-state index in [2.05, 4.69) is 10.6 Å². The van der Waals surface area contributed by atoms with Gasteiger partial charge in [-0.3, -0.25) is 4.79 Å². The molecule has 0 unspecified atom stereocenters. The Kier molecular flexibility index (Phi) is 7.01. The van der Waals surface area contributed by atoms with Crippen molar-refractivity contribution in [3.63, 3.8) is 0 Å². The number of aliphatic hydroxyl groups excluding tert-OH is 1. The molecule has 10 heteroatoms. The Bertz CT molecular complexity index is 773. The number of aliphatic hydroxyl groups is 1. The molecule has 3 amide bonds. The van der Waals surface area contributed by atoms with Gasteiger partial charge < -0.3 is 34.9 Å². The van der Waals surface area contributed by atoms with Gasteiger partial charge in [-0.1, -0.05) is 12.1 Å². The highest BCUT2D eigenvalue weighted by Crippen LogP contribution is 2.35. The molecule has 0 saturated carbocycles. The molecule has 1 aromatic rings. The number of benzene rings is 1. The highest BCUT2D eigenvalue weighted by atomic mass is 19.1. The third kappa shape index (κ3) is 5.51. The van der Waals surface area contributed by atoms with Crippen LogP contribution in [0.3, 0.4) is 0 Å². The predicted molar refractivity (Wildman–Crippen MR) is 107 cm³/mol. The lowest BCUT2D eigenvalue weighted by Crippen LogP contribution is -2.49. The first kappa shape index (κ1) is 21.9. The first-order chi connectivity index (χ1) is 15.0. The second kappa shape index (κ2) is 9.90. The van der Waals surface area contributed by atoms with E-state index in [0.29, 0.717) is 39.3 Å². The summed E-state index contributed by atoms with van der Waals surface area (Å²) in [6, 6.07) is 5.73. The molecule has 0 aliphatic carbocycles. The second-order valence-electron chi connectivity index (χ2n) is 8.05. The van der Waals surface area contributed by atoms with Gasteiger partial charge in [0, 0.05) is 32.6 Å². The number of urea groups is 1. The summed E-state index contributed by atoms with van der Waals surface area (Å²) < 4.78 is 29.9. The van der Waals surface area contributed by atoms with Crippen molar-refractivity contribution in [3.05, 3.63) is 35.6 Å². The number of rotatable bonds is 6. The van der Waals surface area contributed by atoms with Crippen molar-refractivity contribution >= 4 is 11.9 Å². The third-order valence-corrected chi connectivity index (χ3v) is 5.85. The summed E-state index contributed by atoms with van der Waals surface area (Å²) in [6.45, 7) is 2.62. The molecule has 3 aliphatic heterocycles. The van der Waals surface area contributed by atoms with Crippen LogP contribution >= 0.6 is 0 Å². The summed E-state index contributed by atoms with van der Waals surface area (Å²) in [6.07, 6.45) is -1.94. The van der Waals surface area contributed by atoms with Gasteiger partial charge in [-0.05, 0) is 17.7 Å². The molecule has 0 spiro atoms. The summed E-state index contributed by atoms with van der Waals surface area (Å²) >= 11 is 0. The van der Waals surface area contributed by atoms with Crippen LogP contribution in [-0.4, -0.2) is 85.3 Å².